The quantitative estimate of drug-likeness (QED) is 0.0687. The number of nitrogens with zero attached hydrogens (tertiary/aromatic N) is 2. The molecule has 9 aliphatic carbocycles. The van der Waals surface area contributed by atoms with Gasteiger partial charge >= 0.3 is 0 Å². The Bertz CT molecular complexity index is 3930. The molecule has 1 heterocycles. The summed E-state index contributed by atoms with van der Waals surface area (Å²) in [6.07, 6.45) is 69.2. The molecule has 0 aromatic heterocycles. The zero-order valence-electron chi connectivity index (χ0n) is 55.2. The van der Waals surface area contributed by atoms with Gasteiger partial charge in [-0.2, -0.15) is 0 Å². The van der Waals surface area contributed by atoms with E-state index in [4.69, 9.17) is 4.74 Å². The molecular formula is C89H96N2O. The van der Waals surface area contributed by atoms with Crippen LogP contribution in [0.3, 0.4) is 0 Å². The Balaban J connectivity index is 0.789. The number of hydrogen-bond acceptors (Lipinski definition) is 3. The van der Waals surface area contributed by atoms with Gasteiger partial charge in [-0.15, -0.1) is 6.58 Å². The van der Waals surface area contributed by atoms with E-state index in [1.807, 2.05) is 12.2 Å². The Morgan fingerprint density at radius 1 is 0.696 bits per heavy atom. The summed E-state index contributed by atoms with van der Waals surface area (Å²) in [5.74, 6) is 4.47. The van der Waals surface area contributed by atoms with Crippen LogP contribution in [0.4, 0.5) is 11.4 Å². The van der Waals surface area contributed by atoms with Gasteiger partial charge < -0.3 is 14.5 Å². The number of unbranched alkanes of at least 4 members (excludes halogenated alkanes) is 1. The van der Waals surface area contributed by atoms with E-state index in [2.05, 4.69) is 276 Å². The molecule has 3 heteroatoms. The van der Waals surface area contributed by atoms with Crippen LogP contribution in [0.1, 0.15) is 164 Å². The van der Waals surface area contributed by atoms with E-state index in [1.165, 1.54) is 73.9 Å². The van der Waals surface area contributed by atoms with E-state index in [9.17, 15) is 0 Å². The first-order valence-electron chi connectivity index (χ1n) is 35.2. The van der Waals surface area contributed by atoms with Gasteiger partial charge in [0.2, 0.25) is 0 Å². The maximum atomic E-state index is 6.50. The van der Waals surface area contributed by atoms with Gasteiger partial charge in [-0.1, -0.05) is 223 Å². The maximum Gasteiger partial charge on any atom is 0.119 e. The molecule has 11 atom stereocenters. The summed E-state index contributed by atoms with van der Waals surface area (Å²) < 4.78 is 6.50. The first-order valence-corrected chi connectivity index (χ1v) is 35.2. The molecule has 1 fully saturated rings. The summed E-state index contributed by atoms with van der Waals surface area (Å²) in [5.41, 5.74) is 22.5. The van der Waals surface area contributed by atoms with Crippen molar-refractivity contribution in [2.75, 3.05) is 9.80 Å². The van der Waals surface area contributed by atoms with Crippen molar-refractivity contribution in [3.63, 3.8) is 0 Å². The van der Waals surface area contributed by atoms with Gasteiger partial charge in [0.25, 0.3) is 0 Å². The molecule has 0 N–H and O–H groups in total. The highest BCUT2D eigenvalue weighted by Gasteiger charge is 2.52. The van der Waals surface area contributed by atoms with Gasteiger partial charge in [0, 0.05) is 51.6 Å². The molecule has 4 aromatic rings. The molecule has 3 nitrogen and oxygen atoms in total. The van der Waals surface area contributed by atoms with Crippen molar-refractivity contribution in [1.29, 1.82) is 0 Å². The Labute approximate surface area is 551 Å². The number of fused-ring (bicyclic) bond motifs is 6. The third kappa shape index (κ3) is 12.2. The molecule has 11 unspecified atom stereocenters. The SMILES string of the molecule is C=CC1=CCC(c2ccc(N3C4=CC=C(C5=CCC(C=C)C=C5)CC4C4C=C(C5=CC=C(N(C6=CCC(C7=CCC(C(C)(C)C)C=C7)CC6)c6ccc7c(c6)C(CCCCC(C)Oc6ccc(C=C)cc6)(c6ccccc6)C6C=CCCC76)CC5)C=CC43)cc2)C=C1. The van der Waals surface area contributed by atoms with E-state index >= 15 is 0 Å². The highest BCUT2D eigenvalue weighted by atomic mass is 16.5. The fourth-order valence-corrected chi connectivity index (χ4v) is 17.6. The Kier molecular flexibility index (Phi) is 17.7. The van der Waals surface area contributed by atoms with Crippen molar-refractivity contribution >= 4 is 17.5 Å². The Morgan fingerprint density at radius 2 is 1.53 bits per heavy atom. The zero-order valence-corrected chi connectivity index (χ0v) is 55.2. The summed E-state index contributed by atoms with van der Waals surface area (Å²) in [5, 5.41) is 0. The largest absolute Gasteiger partial charge is 0.491 e. The van der Waals surface area contributed by atoms with Gasteiger partial charge in [0.15, 0.2) is 0 Å². The molecule has 92 heavy (non-hydrogen) atoms. The lowest BCUT2D eigenvalue weighted by Crippen LogP contribution is -2.34. The number of allylic oxidation sites excluding steroid dienone is 28. The highest BCUT2D eigenvalue weighted by Crippen LogP contribution is 2.61. The second kappa shape index (κ2) is 26.5. The number of benzene rings is 4. The predicted octanol–water partition coefficient (Wildman–Crippen LogP) is 23.0. The molecule has 0 amide bonds. The fraction of sp³-hybridized carbons (Fsp3) is 0.348. The number of hydrogen-bond donors (Lipinski definition) is 0. The Hall–Kier alpha value is -8.14. The van der Waals surface area contributed by atoms with Crippen LogP contribution in [-0.4, -0.2) is 12.1 Å². The van der Waals surface area contributed by atoms with Crippen LogP contribution in [0.25, 0.3) is 6.08 Å². The van der Waals surface area contributed by atoms with Crippen LogP contribution < -0.4 is 14.5 Å². The average molecular weight is 1210 g/mol. The first kappa shape index (κ1) is 61.4. The molecule has 1 aliphatic heterocycles. The lowest BCUT2D eigenvalue weighted by molar-refractivity contribution is 0.203. The highest BCUT2D eigenvalue weighted by molar-refractivity contribution is 5.68. The third-order valence-corrected chi connectivity index (χ3v) is 22.8. The summed E-state index contributed by atoms with van der Waals surface area (Å²) in [6.45, 7) is 21.5. The lowest BCUT2D eigenvalue weighted by atomic mass is 9.63. The van der Waals surface area contributed by atoms with Gasteiger partial charge in [-0.25, -0.2) is 0 Å². The van der Waals surface area contributed by atoms with Crippen molar-refractivity contribution in [2.24, 2.45) is 40.9 Å². The predicted molar refractivity (Wildman–Crippen MR) is 389 cm³/mol. The maximum absolute atomic E-state index is 6.50. The standard InChI is InChI=1S/C89H96N2O/c1-8-62-23-29-65(30-24-62)67-37-49-77(50-38-67)91-86-55-41-71(69-31-25-63(9-2)26-32-69)58-82(86)83-59-72(42-56-87(83)91)70-39-47-76(48-40-70)90(75-45-35-68(36-46-75)66-33-43-73(44-34-66)88(5,6)7)78-51-54-81-80-21-14-15-22-84(80)89(85(81)60-78,74-19-12-11-13-20-74)57-17-16-18-61(4)92-79-52-27-64(10-3)28-53-79/h8-13,15,19-20,22-25,27-29,31-34,37-39,41-43,45,47,49-56,59-61,63,65,68,73,80,82-84,87H,1-3,14,16-18,21,26,30,35-36,40,44,46,48,57-58H2,4-7H3. The van der Waals surface area contributed by atoms with Crippen LogP contribution in [0.2, 0.25) is 0 Å². The van der Waals surface area contributed by atoms with Crippen LogP contribution in [-0.2, 0) is 5.41 Å². The van der Waals surface area contributed by atoms with E-state index in [1.54, 1.807) is 16.7 Å². The molecule has 0 radical (unpaired) electrons. The summed E-state index contributed by atoms with van der Waals surface area (Å²) in [6, 6.07) is 37.6. The fourth-order valence-electron chi connectivity index (χ4n) is 17.6. The minimum atomic E-state index is -0.144. The van der Waals surface area contributed by atoms with Gasteiger partial charge in [-0.3, -0.25) is 0 Å². The van der Waals surface area contributed by atoms with Crippen molar-refractivity contribution in [3.8, 4) is 5.75 Å². The summed E-state index contributed by atoms with van der Waals surface area (Å²) in [4.78, 5) is 5.42. The smallest absolute Gasteiger partial charge is 0.119 e. The van der Waals surface area contributed by atoms with Crippen molar-refractivity contribution in [1.82, 2.24) is 0 Å². The van der Waals surface area contributed by atoms with E-state index in [0.717, 1.165) is 101 Å². The second-order valence-electron chi connectivity index (χ2n) is 29.2. The topological polar surface area (TPSA) is 15.7 Å². The zero-order chi connectivity index (χ0) is 62.9. The van der Waals surface area contributed by atoms with Crippen LogP contribution in [0, 0.1) is 40.9 Å². The molecule has 4 aromatic carbocycles. The number of anilines is 2. The van der Waals surface area contributed by atoms with Crippen molar-refractivity contribution in [3.05, 3.63) is 323 Å². The number of rotatable bonds is 19. The second-order valence-corrected chi connectivity index (χ2v) is 29.2. The molecule has 468 valence electrons. The molecule has 0 bridgehead atoms. The minimum absolute atomic E-state index is 0.127. The van der Waals surface area contributed by atoms with Crippen molar-refractivity contribution < 1.29 is 4.74 Å². The van der Waals surface area contributed by atoms with Crippen molar-refractivity contribution in [2.45, 2.75) is 153 Å². The van der Waals surface area contributed by atoms with Gasteiger partial charge in [0.05, 0.1) is 12.1 Å². The van der Waals surface area contributed by atoms with E-state index in [-0.39, 0.29) is 23.0 Å². The molecule has 14 rings (SSSR count). The third-order valence-electron chi connectivity index (χ3n) is 22.8. The molecular weight excluding hydrogens is 1110 g/mol. The van der Waals surface area contributed by atoms with Gasteiger partial charge in [-0.05, 0) is 242 Å². The number of ether oxygens (including phenoxy) is 1. The molecule has 0 saturated carbocycles. The molecule has 0 spiro atoms. The Morgan fingerprint density at radius 3 is 2.24 bits per heavy atom. The van der Waals surface area contributed by atoms with Crippen LogP contribution in [0.5, 0.6) is 5.75 Å². The van der Waals surface area contributed by atoms with Crippen LogP contribution in [0.15, 0.2) is 295 Å². The average Bonchev–Trinajstić information content (AvgIpc) is 1.56. The molecule has 10 aliphatic rings. The molecule has 1 saturated heterocycles. The summed E-state index contributed by atoms with van der Waals surface area (Å²) >= 11 is 0. The monoisotopic (exact) mass is 1210 g/mol. The summed E-state index contributed by atoms with van der Waals surface area (Å²) in [7, 11) is 0. The first-order chi connectivity index (χ1) is 45.0. The lowest BCUT2D eigenvalue weighted by Gasteiger charge is -2.40. The van der Waals surface area contributed by atoms with E-state index in [0.29, 0.717) is 47.3 Å². The minimum Gasteiger partial charge on any atom is -0.491 e. The van der Waals surface area contributed by atoms with Gasteiger partial charge in [0.1, 0.15) is 5.75 Å². The van der Waals surface area contributed by atoms with Crippen LogP contribution >= 0.6 is 0 Å². The normalized spacial score (nSPS) is 28.1. The van der Waals surface area contributed by atoms with E-state index < -0.39 is 0 Å².